The Morgan fingerprint density at radius 2 is 2.36 bits per heavy atom. The largest absolute Gasteiger partial charge is 0.314 e. The van der Waals surface area contributed by atoms with E-state index in [9.17, 15) is 4.79 Å². The van der Waals surface area contributed by atoms with Crippen molar-refractivity contribution >= 4 is 21.6 Å². The van der Waals surface area contributed by atoms with Gasteiger partial charge in [0, 0.05) is 11.5 Å². The third-order valence-electron chi connectivity index (χ3n) is 1.67. The summed E-state index contributed by atoms with van der Waals surface area (Å²) >= 11 is 1.56. The van der Waals surface area contributed by atoms with Crippen LogP contribution in [0.5, 0.6) is 0 Å². The molecular weight excluding hydrogens is 158 g/mol. The number of hydrogen-bond acceptors (Lipinski definition) is 2. The van der Waals surface area contributed by atoms with Crippen molar-refractivity contribution in [3.8, 4) is 0 Å². The molecule has 0 aliphatic rings. The van der Waals surface area contributed by atoms with E-state index in [1.165, 1.54) is 0 Å². The minimum absolute atomic E-state index is 0.0163. The number of thiophene rings is 1. The molecular formula is C8H7NOS. The van der Waals surface area contributed by atoms with Crippen molar-refractivity contribution in [3.05, 3.63) is 33.4 Å². The van der Waals surface area contributed by atoms with Crippen LogP contribution >= 0.6 is 11.3 Å². The summed E-state index contributed by atoms with van der Waals surface area (Å²) in [5.41, 5.74) is 1.03. The number of aryl methyl sites for hydroxylation is 1. The molecule has 11 heavy (non-hydrogen) atoms. The highest BCUT2D eigenvalue weighted by atomic mass is 32.1. The van der Waals surface area contributed by atoms with E-state index < -0.39 is 0 Å². The van der Waals surface area contributed by atoms with Crippen LogP contribution in [0.1, 0.15) is 5.56 Å². The maximum atomic E-state index is 11.0. The van der Waals surface area contributed by atoms with Gasteiger partial charge in [0.25, 0.3) is 0 Å². The van der Waals surface area contributed by atoms with Gasteiger partial charge in [0.1, 0.15) is 4.83 Å². The van der Waals surface area contributed by atoms with E-state index in [2.05, 4.69) is 4.98 Å². The first-order chi connectivity index (χ1) is 5.27. The van der Waals surface area contributed by atoms with Gasteiger partial charge in [-0.15, -0.1) is 11.3 Å². The first-order valence-corrected chi connectivity index (χ1v) is 4.22. The van der Waals surface area contributed by atoms with Crippen LogP contribution in [0.25, 0.3) is 10.2 Å². The molecule has 2 nitrogen and oxygen atoms in total. The highest BCUT2D eigenvalue weighted by Crippen LogP contribution is 2.19. The number of fused-ring (bicyclic) bond motifs is 1. The van der Waals surface area contributed by atoms with Crippen LogP contribution in [0.2, 0.25) is 0 Å². The molecule has 0 spiro atoms. The number of nitrogens with one attached hydrogen (secondary N) is 1. The van der Waals surface area contributed by atoms with Crippen molar-refractivity contribution in [2.45, 2.75) is 6.92 Å². The second kappa shape index (κ2) is 2.20. The quantitative estimate of drug-likeness (QED) is 0.635. The molecule has 0 atom stereocenters. The molecule has 0 saturated carbocycles. The first kappa shape index (κ1) is 6.61. The van der Waals surface area contributed by atoms with Gasteiger partial charge in [0.2, 0.25) is 5.56 Å². The fourth-order valence-corrected chi connectivity index (χ4v) is 1.99. The van der Waals surface area contributed by atoms with Crippen LogP contribution in [-0.2, 0) is 0 Å². The summed E-state index contributed by atoms with van der Waals surface area (Å²) in [5, 5.41) is 3.13. The minimum Gasteiger partial charge on any atom is -0.314 e. The summed E-state index contributed by atoms with van der Waals surface area (Å²) < 4.78 is 0. The number of aromatic nitrogens is 1. The van der Waals surface area contributed by atoms with Crippen molar-refractivity contribution in [2.75, 3.05) is 0 Å². The van der Waals surface area contributed by atoms with Gasteiger partial charge in [-0.1, -0.05) is 0 Å². The Bertz CT molecular complexity index is 441. The molecule has 56 valence electrons. The van der Waals surface area contributed by atoms with Crippen LogP contribution in [0, 0.1) is 6.92 Å². The van der Waals surface area contributed by atoms with Crippen LogP contribution in [-0.4, -0.2) is 4.98 Å². The van der Waals surface area contributed by atoms with Gasteiger partial charge in [0.15, 0.2) is 0 Å². The predicted molar refractivity (Wildman–Crippen MR) is 47.2 cm³/mol. The van der Waals surface area contributed by atoms with Crippen molar-refractivity contribution in [3.63, 3.8) is 0 Å². The molecule has 0 bridgehead atoms. The van der Waals surface area contributed by atoms with Gasteiger partial charge in [0.05, 0.1) is 0 Å². The van der Waals surface area contributed by atoms with Crippen molar-refractivity contribution < 1.29 is 0 Å². The molecule has 2 rings (SSSR count). The van der Waals surface area contributed by atoms with Crippen LogP contribution in [0.3, 0.4) is 0 Å². The summed E-state index contributed by atoms with van der Waals surface area (Å²) in [5.74, 6) is 0. The smallest absolute Gasteiger partial charge is 0.249 e. The van der Waals surface area contributed by atoms with E-state index in [0.29, 0.717) is 0 Å². The molecule has 3 heteroatoms. The normalized spacial score (nSPS) is 10.6. The Hall–Kier alpha value is -1.09. The van der Waals surface area contributed by atoms with E-state index in [4.69, 9.17) is 0 Å². The van der Waals surface area contributed by atoms with Gasteiger partial charge < -0.3 is 4.98 Å². The zero-order chi connectivity index (χ0) is 7.84. The molecule has 2 aromatic heterocycles. The average molecular weight is 165 g/mol. The number of pyridine rings is 1. The van der Waals surface area contributed by atoms with E-state index in [-0.39, 0.29) is 5.56 Å². The minimum atomic E-state index is -0.0163. The fraction of sp³-hybridized carbons (Fsp3) is 0.125. The van der Waals surface area contributed by atoms with Crippen LogP contribution in [0.15, 0.2) is 22.3 Å². The first-order valence-electron chi connectivity index (χ1n) is 3.34. The maximum absolute atomic E-state index is 11.0. The summed E-state index contributed by atoms with van der Waals surface area (Å²) in [6, 6.07) is 3.64. The molecule has 0 amide bonds. The van der Waals surface area contributed by atoms with E-state index in [1.807, 2.05) is 18.4 Å². The van der Waals surface area contributed by atoms with Crippen LogP contribution in [0.4, 0.5) is 0 Å². The molecule has 0 aromatic carbocycles. The van der Waals surface area contributed by atoms with E-state index >= 15 is 0 Å². The Morgan fingerprint density at radius 1 is 1.55 bits per heavy atom. The lowest BCUT2D eigenvalue weighted by atomic mass is 10.2. The third kappa shape index (κ3) is 0.973. The topological polar surface area (TPSA) is 32.9 Å². The molecule has 2 aromatic rings. The number of hydrogen-bond donors (Lipinski definition) is 1. The molecule has 2 heterocycles. The number of H-pyrrole nitrogens is 1. The SMILES string of the molecule is Cc1cc(=O)[nH]c2sccc12. The summed E-state index contributed by atoms with van der Waals surface area (Å²) in [6.45, 7) is 1.95. The lowest BCUT2D eigenvalue weighted by Crippen LogP contribution is -2.02. The predicted octanol–water partition coefficient (Wildman–Crippen LogP) is 1.90. The molecule has 0 saturated heterocycles. The average Bonchev–Trinajstić information content (AvgIpc) is 2.34. The summed E-state index contributed by atoms with van der Waals surface area (Å²) in [6.07, 6.45) is 0. The van der Waals surface area contributed by atoms with Crippen molar-refractivity contribution in [1.82, 2.24) is 4.98 Å². The van der Waals surface area contributed by atoms with Gasteiger partial charge in [-0.05, 0) is 23.9 Å². The number of aromatic amines is 1. The molecule has 1 N–H and O–H groups in total. The van der Waals surface area contributed by atoms with Crippen molar-refractivity contribution in [2.24, 2.45) is 0 Å². The zero-order valence-electron chi connectivity index (χ0n) is 6.05. The Morgan fingerprint density at radius 3 is 3.18 bits per heavy atom. The molecule has 0 fully saturated rings. The van der Waals surface area contributed by atoms with Crippen LogP contribution < -0.4 is 5.56 Å². The summed E-state index contributed by atoms with van der Waals surface area (Å²) in [4.78, 5) is 14.7. The molecule has 0 aliphatic heterocycles. The molecule has 0 radical (unpaired) electrons. The highest BCUT2D eigenvalue weighted by molar-refractivity contribution is 7.16. The van der Waals surface area contributed by atoms with E-state index in [0.717, 1.165) is 15.8 Å². The third-order valence-corrected chi connectivity index (χ3v) is 2.50. The molecule has 0 aliphatic carbocycles. The second-order valence-corrected chi connectivity index (χ2v) is 3.40. The lowest BCUT2D eigenvalue weighted by molar-refractivity contribution is 1.30. The van der Waals surface area contributed by atoms with Gasteiger partial charge in [-0.2, -0.15) is 0 Å². The Balaban J connectivity index is 3.02. The monoisotopic (exact) mass is 165 g/mol. The second-order valence-electron chi connectivity index (χ2n) is 2.48. The van der Waals surface area contributed by atoms with Crippen molar-refractivity contribution in [1.29, 1.82) is 0 Å². The standard InChI is InChI=1S/C8H7NOS/c1-5-4-7(10)9-8-6(5)2-3-11-8/h2-4H,1H3,(H,9,10). The highest BCUT2D eigenvalue weighted by Gasteiger charge is 1.98. The lowest BCUT2D eigenvalue weighted by Gasteiger charge is -1.92. The summed E-state index contributed by atoms with van der Waals surface area (Å²) in [7, 11) is 0. The number of rotatable bonds is 0. The van der Waals surface area contributed by atoms with Gasteiger partial charge >= 0.3 is 0 Å². The Labute approximate surface area is 67.5 Å². The van der Waals surface area contributed by atoms with Gasteiger partial charge in [-0.3, -0.25) is 4.79 Å². The van der Waals surface area contributed by atoms with Gasteiger partial charge in [-0.25, -0.2) is 0 Å². The zero-order valence-corrected chi connectivity index (χ0v) is 6.87. The Kier molecular flexibility index (Phi) is 1.32. The fourth-order valence-electron chi connectivity index (χ4n) is 1.14. The molecule has 0 unspecified atom stereocenters. The maximum Gasteiger partial charge on any atom is 0.249 e. The van der Waals surface area contributed by atoms with E-state index in [1.54, 1.807) is 17.4 Å².